The van der Waals surface area contributed by atoms with Crippen LogP contribution in [-0.2, 0) is 6.54 Å². The lowest BCUT2D eigenvalue weighted by Crippen LogP contribution is -2.04. The quantitative estimate of drug-likeness (QED) is 0.796. The SMILES string of the molecule is Cc1ccc(-c2cc(CN)nc(-c3ccccc3)n2)c(C)c1. The number of aryl methyl sites for hydroxylation is 2. The highest BCUT2D eigenvalue weighted by Gasteiger charge is 2.09. The summed E-state index contributed by atoms with van der Waals surface area (Å²) in [5.41, 5.74) is 12.2. The zero-order chi connectivity index (χ0) is 15.5. The highest BCUT2D eigenvalue weighted by atomic mass is 14.9. The maximum Gasteiger partial charge on any atom is 0.160 e. The molecule has 2 aromatic carbocycles. The van der Waals surface area contributed by atoms with Gasteiger partial charge in [0.1, 0.15) is 0 Å². The van der Waals surface area contributed by atoms with Gasteiger partial charge in [-0.25, -0.2) is 9.97 Å². The third kappa shape index (κ3) is 2.90. The van der Waals surface area contributed by atoms with Gasteiger partial charge in [0.25, 0.3) is 0 Å². The topological polar surface area (TPSA) is 51.8 Å². The Hall–Kier alpha value is -2.52. The van der Waals surface area contributed by atoms with Gasteiger partial charge in [0.2, 0.25) is 0 Å². The van der Waals surface area contributed by atoms with E-state index in [2.05, 4.69) is 37.0 Å². The molecule has 3 heteroatoms. The molecule has 3 aromatic rings. The molecule has 0 atom stereocenters. The van der Waals surface area contributed by atoms with Gasteiger partial charge in [-0.15, -0.1) is 0 Å². The summed E-state index contributed by atoms with van der Waals surface area (Å²) in [5, 5.41) is 0. The van der Waals surface area contributed by atoms with Gasteiger partial charge in [-0.1, -0.05) is 54.1 Å². The van der Waals surface area contributed by atoms with Gasteiger partial charge in [-0.2, -0.15) is 0 Å². The Morgan fingerprint density at radius 1 is 0.909 bits per heavy atom. The third-order valence-electron chi connectivity index (χ3n) is 3.68. The van der Waals surface area contributed by atoms with Gasteiger partial charge >= 0.3 is 0 Å². The van der Waals surface area contributed by atoms with E-state index in [0.717, 1.165) is 28.3 Å². The van der Waals surface area contributed by atoms with E-state index in [-0.39, 0.29) is 0 Å². The second kappa shape index (κ2) is 6.08. The highest BCUT2D eigenvalue weighted by Crippen LogP contribution is 2.25. The molecule has 110 valence electrons. The Bertz CT molecular complexity index is 795. The molecule has 2 N–H and O–H groups in total. The lowest BCUT2D eigenvalue weighted by Gasteiger charge is -2.10. The molecule has 22 heavy (non-hydrogen) atoms. The largest absolute Gasteiger partial charge is 0.325 e. The molecule has 0 unspecified atom stereocenters. The molecular formula is C19H19N3. The summed E-state index contributed by atoms with van der Waals surface area (Å²) in [6, 6.07) is 18.4. The third-order valence-corrected chi connectivity index (χ3v) is 3.68. The highest BCUT2D eigenvalue weighted by molar-refractivity contribution is 5.67. The Morgan fingerprint density at radius 2 is 1.68 bits per heavy atom. The van der Waals surface area contributed by atoms with Crippen molar-refractivity contribution in [2.75, 3.05) is 0 Å². The number of nitrogens with zero attached hydrogens (tertiary/aromatic N) is 2. The normalized spacial score (nSPS) is 10.7. The molecule has 0 aliphatic rings. The molecule has 0 fully saturated rings. The van der Waals surface area contributed by atoms with E-state index in [1.807, 2.05) is 36.4 Å². The van der Waals surface area contributed by atoms with Gasteiger partial charge in [0, 0.05) is 17.7 Å². The molecule has 0 aliphatic heterocycles. The number of benzene rings is 2. The van der Waals surface area contributed by atoms with Crippen LogP contribution < -0.4 is 5.73 Å². The molecular weight excluding hydrogens is 270 g/mol. The van der Waals surface area contributed by atoms with Crippen LogP contribution in [0.15, 0.2) is 54.6 Å². The van der Waals surface area contributed by atoms with Crippen LogP contribution in [0.25, 0.3) is 22.6 Å². The standard InChI is InChI=1S/C19H19N3/c1-13-8-9-17(14(2)10-13)18-11-16(12-20)21-19(22-18)15-6-4-3-5-7-15/h3-11H,12,20H2,1-2H3. The lowest BCUT2D eigenvalue weighted by atomic mass is 10.0. The summed E-state index contributed by atoms with van der Waals surface area (Å²) < 4.78 is 0. The van der Waals surface area contributed by atoms with Crippen LogP contribution >= 0.6 is 0 Å². The first-order valence-electron chi connectivity index (χ1n) is 7.38. The number of hydrogen-bond acceptors (Lipinski definition) is 3. The molecule has 0 saturated heterocycles. The van der Waals surface area contributed by atoms with E-state index in [1.54, 1.807) is 0 Å². The molecule has 0 bridgehead atoms. The van der Waals surface area contributed by atoms with E-state index in [1.165, 1.54) is 11.1 Å². The van der Waals surface area contributed by atoms with Crippen LogP contribution in [-0.4, -0.2) is 9.97 Å². The molecule has 0 saturated carbocycles. The van der Waals surface area contributed by atoms with Crippen molar-refractivity contribution >= 4 is 0 Å². The van der Waals surface area contributed by atoms with Crippen LogP contribution in [0.4, 0.5) is 0 Å². The van der Waals surface area contributed by atoms with Gasteiger partial charge < -0.3 is 5.73 Å². The van der Waals surface area contributed by atoms with Crippen molar-refractivity contribution in [1.82, 2.24) is 9.97 Å². The number of nitrogens with two attached hydrogens (primary N) is 1. The number of rotatable bonds is 3. The number of hydrogen-bond donors (Lipinski definition) is 1. The first-order valence-corrected chi connectivity index (χ1v) is 7.38. The molecule has 1 aromatic heterocycles. The van der Waals surface area contributed by atoms with Crippen LogP contribution in [0.2, 0.25) is 0 Å². The summed E-state index contributed by atoms with van der Waals surface area (Å²) in [5.74, 6) is 0.721. The zero-order valence-electron chi connectivity index (χ0n) is 12.9. The van der Waals surface area contributed by atoms with Crippen molar-refractivity contribution in [3.05, 3.63) is 71.4 Å². The first-order chi connectivity index (χ1) is 10.7. The minimum Gasteiger partial charge on any atom is -0.325 e. The molecule has 0 aliphatic carbocycles. The summed E-state index contributed by atoms with van der Waals surface area (Å²) in [7, 11) is 0. The monoisotopic (exact) mass is 289 g/mol. The fourth-order valence-electron chi connectivity index (χ4n) is 2.56. The van der Waals surface area contributed by atoms with Crippen LogP contribution in [0, 0.1) is 13.8 Å². The van der Waals surface area contributed by atoms with E-state index in [4.69, 9.17) is 10.7 Å². The zero-order valence-corrected chi connectivity index (χ0v) is 12.9. The minimum atomic E-state index is 0.403. The fraction of sp³-hybridized carbons (Fsp3) is 0.158. The Kier molecular flexibility index (Phi) is 3.98. The van der Waals surface area contributed by atoms with E-state index < -0.39 is 0 Å². The summed E-state index contributed by atoms with van der Waals surface area (Å²) in [6.45, 7) is 4.60. The van der Waals surface area contributed by atoms with Crippen molar-refractivity contribution in [2.45, 2.75) is 20.4 Å². The summed E-state index contributed by atoms with van der Waals surface area (Å²) in [6.07, 6.45) is 0. The molecule has 0 amide bonds. The van der Waals surface area contributed by atoms with Gasteiger partial charge in [0.15, 0.2) is 5.82 Å². The van der Waals surface area contributed by atoms with Gasteiger partial charge in [-0.3, -0.25) is 0 Å². The second-order valence-electron chi connectivity index (χ2n) is 5.46. The van der Waals surface area contributed by atoms with Gasteiger partial charge in [0.05, 0.1) is 11.4 Å². The average molecular weight is 289 g/mol. The summed E-state index contributed by atoms with van der Waals surface area (Å²) in [4.78, 5) is 9.30. The van der Waals surface area contributed by atoms with E-state index >= 15 is 0 Å². The van der Waals surface area contributed by atoms with Crippen molar-refractivity contribution in [2.24, 2.45) is 5.73 Å². The molecule has 1 heterocycles. The van der Waals surface area contributed by atoms with Crippen molar-refractivity contribution in [3.63, 3.8) is 0 Å². The van der Waals surface area contributed by atoms with Crippen LogP contribution in [0.5, 0.6) is 0 Å². The van der Waals surface area contributed by atoms with E-state index in [9.17, 15) is 0 Å². The van der Waals surface area contributed by atoms with Crippen LogP contribution in [0.1, 0.15) is 16.8 Å². The maximum atomic E-state index is 5.82. The van der Waals surface area contributed by atoms with E-state index in [0.29, 0.717) is 6.54 Å². The predicted molar refractivity (Wildman–Crippen MR) is 90.3 cm³/mol. The Balaban J connectivity index is 2.16. The maximum absolute atomic E-state index is 5.82. The minimum absolute atomic E-state index is 0.403. The summed E-state index contributed by atoms with van der Waals surface area (Å²) >= 11 is 0. The lowest BCUT2D eigenvalue weighted by molar-refractivity contribution is 0.971. The fourth-order valence-corrected chi connectivity index (χ4v) is 2.56. The number of aromatic nitrogens is 2. The predicted octanol–water partition coefficient (Wildman–Crippen LogP) is 3.89. The van der Waals surface area contributed by atoms with Gasteiger partial charge in [-0.05, 0) is 25.5 Å². The van der Waals surface area contributed by atoms with Crippen molar-refractivity contribution in [1.29, 1.82) is 0 Å². The Labute approximate surface area is 130 Å². The average Bonchev–Trinajstić information content (AvgIpc) is 2.55. The van der Waals surface area contributed by atoms with Crippen molar-refractivity contribution < 1.29 is 0 Å². The molecule has 3 nitrogen and oxygen atoms in total. The molecule has 0 radical (unpaired) electrons. The molecule has 0 spiro atoms. The molecule has 3 rings (SSSR count). The smallest absolute Gasteiger partial charge is 0.160 e. The second-order valence-corrected chi connectivity index (χ2v) is 5.46. The van der Waals surface area contributed by atoms with Crippen molar-refractivity contribution in [3.8, 4) is 22.6 Å². The first kappa shape index (κ1) is 14.4. The Morgan fingerprint density at radius 3 is 2.36 bits per heavy atom. The van der Waals surface area contributed by atoms with Crippen LogP contribution in [0.3, 0.4) is 0 Å².